The van der Waals surface area contributed by atoms with Crippen molar-refractivity contribution in [3.8, 4) is 16.9 Å². The van der Waals surface area contributed by atoms with Crippen molar-refractivity contribution in [1.82, 2.24) is 26.2 Å². The molecule has 2 aromatic carbocycles. The van der Waals surface area contributed by atoms with Crippen molar-refractivity contribution in [3.05, 3.63) is 46.5 Å². The van der Waals surface area contributed by atoms with Crippen LogP contribution in [0.2, 0.25) is 5.02 Å². The molecule has 0 radical (unpaired) electrons. The zero-order valence-electron chi connectivity index (χ0n) is 20.2. The third-order valence-corrected chi connectivity index (χ3v) is 7.38. The quantitative estimate of drug-likeness (QED) is 0.345. The minimum Gasteiger partial charge on any atom is -0.507 e. The fourth-order valence-corrected chi connectivity index (χ4v) is 5.52. The van der Waals surface area contributed by atoms with Crippen LogP contribution in [0, 0.1) is 11.6 Å². The normalized spacial score (nSPS) is 25.4. The summed E-state index contributed by atoms with van der Waals surface area (Å²) < 4.78 is 36.9. The summed E-state index contributed by atoms with van der Waals surface area (Å²) in [6, 6.07) is 5.67. The Kier molecular flexibility index (Phi) is 7.92. The number of phenolic OH excluding ortho intramolecular Hbond substituents is 1. The van der Waals surface area contributed by atoms with E-state index in [-0.39, 0.29) is 46.0 Å². The Bertz CT molecular complexity index is 1070. The molecule has 2 unspecified atom stereocenters. The van der Waals surface area contributed by atoms with Crippen LogP contribution < -0.4 is 26.6 Å². The van der Waals surface area contributed by atoms with Crippen molar-refractivity contribution >= 4 is 17.3 Å². The van der Waals surface area contributed by atoms with Crippen LogP contribution in [0.5, 0.6) is 5.75 Å². The molecule has 2 aromatic rings. The molecule has 196 valence electrons. The number of hydrogen-bond donors (Lipinski definition) is 6. The highest BCUT2D eigenvalue weighted by atomic mass is 35.5. The monoisotopic (exact) mass is 522 g/mol. The van der Waals surface area contributed by atoms with Gasteiger partial charge >= 0.3 is 0 Å². The summed E-state index contributed by atoms with van der Waals surface area (Å²) in [4.78, 5) is 2.24. The van der Waals surface area contributed by atoms with E-state index < -0.39 is 18.0 Å². The van der Waals surface area contributed by atoms with Gasteiger partial charge in [0.1, 0.15) is 11.6 Å². The van der Waals surface area contributed by atoms with Crippen molar-refractivity contribution in [1.29, 1.82) is 0 Å². The van der Waals surface area contributed by atoms with E-state index in [2.05, 4.69) is 38.4 Å². The molecule has 6 N–H and O–H groups in total. The largest absolute Gasteiger partial charge is 0.507 e. The van der Waals surface area contributed by atoms with Crippen LogP contribution in [-0.4, -0.2) is 67.9 Å². The third kappa shape index (κ3) is 5.17. The zero-order valence-corrected chi connectivity index (χ0v) is 21.0. The highest BCUT2D eigenvalue weighted by Gasteiger charge is 2.37. The summed E-state index contributed by atoms with van der Waals surface area (Å²) in [6.45, 7) is 6.81. The van der Waals surface area contributed by atoms with Gasteiger partial charge in [-0.15, -0.1) is 0 Å². The van der Waals surface area contributed by atoms with Gasteiger partial charge in [0.15, 0.2) is 12.2 Å². The molecule has 11 heteroatoms. The summed E-state index contributed by atoms with van der Waals surface area (Å²) in [5.41, 5.74) is 0.357. The molecule has 36 heavy (non-hydrogen) atoms. The average Bonchev–Trinajstić information content (AvgIpc) is 2.87. The lowest BCUT2D eigenvalue weighted by molar-refractivity contribution is -0.00927. The molecular formula is C25H33ClF2N6O2. The van der Waals surface area contributed by atoms with Crippen LogP contribution in [0.1, 0.15) is 31.5 Å². The van der Waals surface area contributed by atoms with Crippen LogP contribution in [-0.2, 0) is 4.74 Å². The van der Waals surface area contributed by atoms with Gasteiger partial charge in [-0.25, -0.2) is 8.78 Å². The molecule has 0 amide bonds. The molecule has 0 aliphatic carbocycles. The van der Waals surface area contributed by atoms with E-state index in [9.17, 15) is 9.50 Å². The van der Waals surface area contributed by atoms with Gasteiger partial charge in [0, 0.05) is 36.8 Å². The number of anilines is 1. The number of aromatic hydroxyl groups is 1. The van der Waals surface area contributed by atoms with Gasteiger partial charge in [0.25, 0.3) is 0 Å². The summed E-state index contributed by atoms with van der Waals surface area (Å²) in [6.07, 6.45) is 0.964. The third-order valence-electron chi connectivity index (χ3n) is 7.08. The Morgan fingerprint density at radius 3 is 2.72 bits per heavy atom. The number of piperazine rings is 1. The van der Waals surface area contributed by atoms with Crippen LogP contribution in [0.25, 0.3) is 11.1 Å². The number of nitrogens with zero attached hydrogens (tertiary/aromatic N) is 1. The smallest absolute Gasteiger partial charge is 0.185 e. The van der Waals surface area contributed by atoms with E-state index in [1.54, 1.807) is 6.07 Å². The molecule has 0 aromatic heterocycles. The number of halogens is 3. The molecule has 0 bridgehead atoms. The summed E-state index contributed by atoms with van der Waals surface area (Å²) >= 11 is 6.54. The average molecular weight is 523 g/mol. The fourth-order valence-electron chi connectivity index (χ4n) is 5.22. The molecule has 2 fully saturated rings. The lowest BCUT2D eigenvalue weighted by Gasteiger charge is -2.45. The number of hydrogen-bond acceptors (Lipinski definition) is 8. The molecule has 3 heterocycles. The van der Waals surface area contributed by atoms with Crippen molar-refractivity contribution in [2.24, 2.45) is 0 Å². The predicted molar refractivity (Wildman–Crippen MR) is 136 cm³/mol. The Morgan fingerprint density at radius 1 is 1.17 bits per heavy atom. The lowest BCUT2D eigenvalue weighted by atomic mass is 9.96. The van der Waals surface area contributed by atoms with E-state index in [1.807, 2.05) is 0 Å². The van der Waals surface area contributed by atoms with Gasteiger partial charge in [-0.05, 0) is 51.1 Å². The first kappa shape index (κ1) is 25.6. The van der Waals surface area contributed by atoms with Crippen LogP contribution in [0.15, 0.2) is 24.3 Å². The minimum absolute atomic E-state index is 0.0249. The van der Waals surface area contributed by atoms with Gasteiger partial charge in [0.05, 0.1) is 35.2 Å². The van der Waals surface area contributed by atoms with Crippen LogP contribution in [0.3, 0.4) is 0 Å². The number of rotatable bonds is 6. The molecule has 0 spiro atoms. The fraction of sp³-hybridized carbons (Fsp3) is 0.520. The lowest BCUT2D eigenvalue weighted by Crippen LogP contribution is -2.58. The number of fused-ring (bicyclic) bond motifs is 1. The number of phenols is 1. The van der Waals surface area contributed by atoms with E-state index in [0.717, 1.165) is 45.6 Å². The first-order chi connectivity index (χ1) is 17.4. The van der Waals surface area contributed by atoms with Crippen LogP contribution in [0.4, 0.5) is 14.5 Å². The maximum absolute atomic E-state index is 16.1. The van der Waals surface area contributed by atoms with Gasteiger partial charge < -0.3 is 31.1 Å². The molecule has 3 aliphatic rings. The summed E-state index contributed by atoms with van der Waals surface area (Å²) in [5, 5.41) is 27.1. The standard InChI is InChI=1S/C25H33ClF2N6O2/c1-14-13-29-9-10-34(14)24-15-12-16(26)20(21-17(27)4-2-5-18(21)35)22(28)23(15)32-25(33-24)36-11-6-19-30-7-3-8-31-19/h2,4-5,12,14,19,24-25,29-33,35H,3,6-11,13H2,1H3/t14-,24?,25?/m0/s1. The Hall–Kier alpha value is -2.05. The molecule has 3 atom stereocenters. The maximum Gasteiger partial charge on any atom is 0.185 e. The molecule has 5 rings (SSSR count). The highest BCUT2D eigenvalue weighted by Crippen LogP contribution is 2.45. The van der Waals surface area contributed by atoms with Crippen LogP contribution >= 0.6 is 11.6 Å². The second-order valence-corrected chi connectivity index (χ2v) is 9.91. The number of nitrogens with one attached hydrogen (secondary N) is 5. The Balaban J connectivity index is 1.47. The predicted octanol–water partition coefficient (Wildman–Crippen LogP) is 2.90. The van der Waals surface area contributed by atoms with E-state index in [0.29, 0.717) is 12.2 Å². The Labute approximate surface area is 214 Å². The number of benzene rings is 2. The Morgan fingerprint density at radius 2 is 1.97 bits per heavy atom. The van der Waals surface area contributed by atoms with Gasteiger partial charge in [0.2, 0.25) is 0 Å². The highest BCUT2D eigenvalue weighted by molar-refractivity contribution is 6.33. The van der Waals surface area contributed by atoms with Crippen molar-refractivity contribution in [2.75, 3.05) is 44.6 Å². The summed E-state index contributed by atoms with van der Waals surface area (Å²) in [7, 11) is 0. The van der Waals surface area contributed by atoms with Gasteiger partial charge in [-0.1, -0.05) is 17.7 Å². The second kappa shape index (κ2) is 11.1. The number of ether oxygens (including phenoxy) is 1. The SMILES string of the molecule is C[C@H]1CNCCN1C1NC(OCCC2NCCCN2)Nc2c1cc(Cl)c(-c1c(O)cccc1F)c2F. The van der Waals surface area contributed by atoms with Gasteiger partial charge in [-0.2, -0.15) is 0 Å². The zero-order chi connectivity index (χ0) is 25.2. The van der Waals surface area contributed by atoms with Crippen molar-refractivity contribution in [3.63, 3.8) is 0 Å². The van der Waals surface area contributed by atoms with Gasteiger partial charge in [-0.3, -0.25) is 10.2 Å². The van der Waals surface area contributed by atoms with E-state index in [1.165, 1.54) is 18.2 Å². The van der Waals surface area contributed by atoms with E-state index >= 15 is 4.39 Å². The maximum atomic E-state index is 16.1. The topological polar surface area (TPSA) is 92.9 Å². The first-order valence-corrected chi connectivity index (χ1v) is 12.9. The molecule has 8 nitrogen and oxygen atoms in total. The molecule has 3 aliphatic heterocycles. The minimum atomic E-state index is -0.753. The second-order valence-electron chi connectivity index (χ2n) is 9.50. The molecule has 2 saturated heterocycles. The van der Waals surface area contributed by atoms with Crippen molar-refractivity contribution < 1.29 is 18.6 Å². The summed E-state index contributed by atoms with van der Waals surface area (Å²) in [5.74, 6) is -1.86. The molecular weight excluding hydrogens is 490 g/mol. The first-order valence-electron chi connectivity index (χ1n) is 12.5. The molecule has 0 saturated carbocycles. The van der Waals surface area contributed by atoms with Crippen molar-refractivity contribution in [2.45, 2.75) is 44.5 Å². The van der Waals surface area contributed by atoms with E-state index in [4.69, 9.17) is 16.3 Å².